The van der Waals surface area contributed by atoms with Crippen molar-refractivity contribution < 1.29 is 19.0 Å². The molecule has 154 valence electrons. The third-order valence-corrected chi connectivity index (χ3v) is 5.97. The van der Waals surface area contributed by atoms with Crippen LogP contribution in [0.4, 0.5) is 4.39 Å². The fourth-order valence-electron chi connectivity index (χ4n) is 4.43. The van der Waals surface area contributed by atoms with E-state index in [9.17, 15) is 14.7 Å². The monoisotopic (exact) mass is 408 g/mol. The van der Waals surface area contributed by atoms with Gasteiger partial charge >= 0.3 is 5.97 Å². The van der Waals surface area contributed by atoms with Gasteiger partial charge in [0.1, 0.15) is 11.4 Å². The van der Waals surface area contributed by atoms with Crippen LogP contribution in [0.15, 0.2) is 35.3 Å². The molecule has 0 unspecified atom stereocenters. The lowest BCUT2D eigenvalue weighted by Gasteiger charge is -2.18. The average molecular weight is 408 g/mol. The Kier molecular flexibility index (Phi) is 4.18. The third kappa shape index (κ3) is 2.81. The van der Waals surface area contributed by atoms with Gasteiger partial charge in [-0.2, -0.15) is 0 Å². The fraction of sp³-hybridized carbons (Fsp3) is 0.304. The van der Waals surface area contributed by atoms with Crippen LogP contribution in [0, 0.1) is 5.82 Å². The van der Waals surface area contributed by atoms with Crippen molar-refractivity contribution in [3.8, 4) is 16.9 Å². The zero-order valence-electron chi connectivity index (χ0n) is 16.7. The second kappa shape index (κ2) is 6.67. The van der Waals surface area contributed by atoms with Crippen LogP contribution >= 0.6 is 0 Å². The van der Waals surface area contributed by atoms with E-state index in [4.69, 9.17) is 4.74 Å². The lowest BCUT2D eigenvalue weighted by atomic mass is 9.97. The summed E-state index contributed by atoms with van der Waals surface area (Å²) in [6.07, 6.45) is 3.11. The number of carbonyl (C=O) groups is 1. The summed E-state index contributed by atoms with van der Waals surface area (Å²) in [5, 5.41) is 9.48. The summed E-state index contributed by atoms with van der Waals surface area (Å²) < 4.78 is 22.8. The third-order valence-electron chi connectivity index (χ3n) is 5.97. The van der Waals surface area contributed by atoms with E-state index in [1.807, 2.05) is 25.2 Å². The molecule has 1 aliphatic heterocycles. The highest BCUT2D eigenvalue weighted by molar-refractivity contribution is 5.98. The maximum Gasteiger partial charge on any atom is 0.341 e. The molecule has 0 atom stereocenters. The SMILES string of the molecule is COc1c(-c2ccc3c(c2)CN(C)C3)c(F)cc2c(=O)c(C(=O)O)cn(C3CC3)c12. The van der Waals surface area contributed by atoms with Gasteiger partial charge in [-0.15, -0.1) is 0 Å². The van der Waals surface area contributed by atoms with Crippen molar-refractivity contribution in [2.45, 2.75) is 32.0 Å². The summed E-state index contributed by atoms with van der Waals surface area (Å²) in [6, 6.07) is 7.07. The molecule has 30 heavy (non-hydrogen) atoms. The number of halogens is 1. The Hall–Kier alpha value is -3.19. The number of rotatable bonds is 4. The molecule has 1 aromatic heterocycles. The standard InChI is InChI=1S/C23H21FN2O4/c1-25-9-13-4-3-12(7-14(13)10-25)19-18(24)8-16-20(22(19)30-2)26(15-5-6-15)11-17(21(16)27)23(28)29/h3-4,7-8,11,15H,5-6,9-10H2,1-2H3,(H,28,29). The van der Waals surface area contributed by atoms with Crippen LogP contribution < -0.4 is 10.2 Å². The predicted molar refractivity (Wildman–Crippen MR) is 111 cm³/mol. The molecule has 2 aromatic carbocycles. The van der Waals surface area contributed by atoms with Gasteiger partial charge in [0.25, 0.3) is 0 Å². The Labute approximate surface area is 172 Å². The molecule has 1 fully saturated rings. The minimum absolute atomic E-state index is 0.0285. The minimum Gasteiger partial charge on any atom is -0.494 e. The number of benzene rings is 2. The molecule has 7 heteroatoms. The number of carboxylic acids is 1. The molecule has 0 saturated heterocycles. The van der Waals surface area contributed by atoms with E-state index >= 15 is 4.39 Å². The Morgan fingerprint density at radius 3 is 2.60 bits per heavy atom. The lowest BCUT2D eigenvalue weighted by Crippen LogP contribution is -2.19. The predicted octanol–water partition coefficient (Wildman–Crippen LogP) is 3.79. The van der Waals surface area contributed by atoms with E-state index in [1.54, 1.807) is 4.57 Å². The first-order valence-electron chi connectivity index (χ1n) is 9.88. The molecule has 1 N–H and O–H groups in total. The van der Waals surface area contributed by atoms with E-state index in [0.29, 0.717) is 16.6 Å². The summed E-state index contributed by atoms with van der Waals surface area (Å²) in [7, 11) is 3.48. The van der Waals surface area contributed by atoms with Crippen LogP contribution in [0.1, 0.15) is 40.4 Å². The Morgan fingerprint density at radius 1 is 1.20 bits per heavy atom. The van der Waals surface area contributed by atoms with Gasteiger partial charge in [0, 0.05) is 25.3 Å². The number of aromatic nitrogens is 1. The summed E-state index contributed by atoms with van der Waals surface area (Å²) >= 11 is 0. The Balaban J connectivity index is 1.83. The molecule has 0 bridgehead atoms. The van der Waals surface area contributed by atoms with Crippen molar-refractivity contribution in [1.82, 2.24) is 9.47 Å². The second-order valence-electron chi connectivity index (χ2n) is 8.13. The number of pyridine rings is 1. The van der Waals surface area contributed by atoms with Crippen LogP contribution in [0.3, 0.4) is 0 Å². The Morgan fingerprint density at radius 2 is 1.93 bits per heavy atom. The highest BCUT2D eigenvalue weighted by Gasteiger charge is 2.30. The first kappa shape index (κ1) is 18.8. The zero-order valence-corrected chi connectivity index (χ0v) is 16.7. The molecule has 6 nitrogen and oxygen atoms in total. The van der Waals surface area contributed by atoms with Crippen LogP contribution in [0.5, 0.6) is 5.75 Å². The van der Waals surface area contributed by atoms with Crippen LogP contribution in [-0.4, -0.2) is 34.7 Å². The number of ether oxygens (including phenoxy) is 1. The quantitative estimate of drug-likeness (QED) is 0.711. The van der Waals surface area contributed by atoms with Gasteiger partial charge in [0.05, 0.1) is 23.6 Å². The van der Waals surface area contributed by atoms with Crippen LogP contribution in [-0.2, 0) is 13.1 Å². The molecule has 2 heterocycles. The van der Waals surface area contributed by atoms with Gasteiger partial charge in [-0.25, -0.2) is 9.18 Å². The van der Waals surface area contributed by atoms with E-state index in [1.165, 1.54) is 18.9 Å². The molecule has 2 aliphatic rings. The van der Waals surface area contributed by atoms with E-state index in [2.05, 4.69) is 4.90 Å². The van der Waals surface area contributed by atoms with Gasteiger partial charge in [0.15, 0.2) is 5.75 Å². The molecule has 0 amide bonds. The van der Waals surface area contributed by atoms with Crippen molar-refractivity contribution in [2.24, 2.45) is 0 Å². The fourth-order valence-corrected chi connectivity index (χ4v) is 4.43. The maximum absolute atomic E-state index is 15.4. The number of carboxylic acid groups (broad SMARTS) is 1. The first-order chi connectivity index (χ1) is 14.4. The summed E-state index contributed by atoms with van der Waals surface area (Å²) in [5.74, 6) is -1.66. The van der Waals surface area contributed by atoms with Gasteiger partial charge in [0.2, 0.25) is 5.43 Å². The molecular formula is C23H21FN2O4. The second-order valence-corrected chi connectivity index (χ2v) is 8.13. The number of hydrogen-bond acceptors (Lipinski definition) is 4. The molecule has 1 saturated carbocycles. The van der Waals surface area contributed by atoms with Crippen molar-refractivity contribution in [3.63, 3.8) is 0 Å². The number of methoxy groups -OCH3 is 1. The number of aromatic carboxylic acids is 1. The summed E-state index contributed by atoms with van der Waals surface area (Å²) in [5.41, 5.74) is 2.71. The normalized spacial score (nSPS) is 16.1. The topological polar surface area (TPSA) is 71.8 Å². The average Bonchev–Trinajstić information content (AvgIpc) is 3.47. The van der Waals surface area contributed by atoms with Crippen LogP contribution in [0.25, 0.3) is 22.0 Å². The summed E-state index contributed by atoms with van der Waals surface area (Å²) in [4.78, 5) is 26.6. The molecule has 0 spiro atoms. The van der Waals surface area contributed by atoms with Crippen molar-refractivity contribution in [3.05, 3.63) is 63.2 Å². The lowest BCUT2D eigenvalue weighted by molar-refractivity contribution is 0.0695. The first-order valence-corrected chi connectivity index (χ1v) is 9.88. The van der Waals surface area contributed by atoms with E-state index in [0.717, 1.165) is 37.6 Å². The minimum atomic E-state index is -1.32. The maximum atomic E-state index is 15.4. The van der Waals surface area contributed by atoms with Gasteiger partial charge < -0.3 is 14.4 Å². The number of fused-ring (bicyclic) bond motifs is 2. The van der Waals surface area contributed by atoms with Crippen molar-refractivity contribution in [2.75, 3.05) is 14.2 Å². The van der Waals surface area contributed by atoms with E-state index in [-0.39, 0.29) is 22.7 Å². The smallest absolute Gasteiger partial charge is 0.341 e. The highest BCUT2D eigenvalue weighted by atomic mass is 19.1. The van der Waals surface area contributed by atoms with Crippen molar-refractivity contribution in [1.29, 1.82) is 0 Å². The largest absolute Gasteiger partial charge is 0.494 e. The molecular weight excluding hydrogens is 387 g/mol. The van der Waals surface area contributed by atoms with Gasteiger partial charge in [-0.1, -0.05) is 12.1 Å². The van der Waals surface area contributed by atoms with Gasteiger partial charge in [-0.05, 0) is 48.7 Å². The molecule has 3 aromatic rings. The Bertz CT molecular complexity index is 1280. The van der Waals surface area contributed by atoms with Crippen LogP contribution in [0.2, 0.25) is 0 Å². The highest BCUT2D eigenvalue weighted by Crippen LogP contribution is 2.44. The van der Waals surface area contributed by atoms with E-state index < -0.39 is 17.2 Å². The van der Waals surface area contributed by atoms with Crippen molar-refractivity contribution >= 4 is 16.9 Å². The molecule has 0 radical (unpaired) electrons. The van der Waals surface area contributed by atoms with Gasteiger partial charge in [-0.3, -0.25) is 9.69 Å². The number of hydrogen-bond donors (Lipinski definition) is 1. The zero-order chi connectivity index (χ0) is 21.2. The summed E-state index contributed by atoms with van der Waals surface area (Å²) in [6.45, 7) is 1.64. The molecule has 5 rings (SSSR count). The number of nitrogens with zero attached hydrogens (tertiary/aromatic N) is 2. The molecule has 1 aliphatic carbocycles.